The number of carbonyl (C=O) groups excluding carboxylic acids is 1. The van der Waals surface area contributed by atoms with Gasteiger partial charge in [0.1, 0.15) is 0 Å². The molecule has 2 rings (SSSR count). The molecule has 2 aromatic rings. The number of hydrogen-bond donors (Lipinski definition) is 1. The van der Waals surface area contributed by atoms with E-state index in [0.717, 1.165) is 5.56 Å². The number of aromatic nitrogens is 5. The molecule has 19 heavy (non-hydrogen) atoms. The van der Waals surface area contributed by atoms with Gasteiger partial charge in [0.2, 0.25) is 0 Å². The Morgan fingerprint density at radius 2 is 2.32 bits per heavy atom. The van der Waals surface area contributed by atoms with Crippen molar-refractivity contribution in [1.82, 2.24) is 24.8 Å². The van der Waals surface area contributed by atoms with Crippen molar-refractivity contribution in [3.05, 3.63) is 29.3 Å². The summed E-state index contributed by atoms with van der Waals surface area (Å²) in [6, 6.07) is 0. The van der Waals surface area contributed by atoms with Gasteiger partial charge in [-0.05, 0) is 6.54 Å². The summed E-state index contributed by atoms with van der Waals surface area (Å²) in [4.78, 5) is 11.6. The van der Waals surface area contributed by atoms with Crippen molar-refractivity contribution in [3.8, 4) is 0 Å². The molecule has 0 aliphatic carbocycles. The Morgan fingerprint density at radius 1 is 1.53 bits per heavy atom. The first kappa shape index (κ1) is 13.2. The van der Waals surface area contributed by atoms with E-state index in [2.05, 4.69) is 20.1 Å². The fraction of sp³-hybridized carbons (Fsp3) is 0.455. The van der Waals surface area contributed by atoms with Crippen LogP contribution in [-0.2, 0) is 24.8 Å². The minimum absolute atomic E-state index is 0.219. The zero-order valence-electron chi connectivity index (χ0n) is 10.9. The van der Waals surface area contributed by atoms with Crippen LogP contribution in [0.4, 0.5) is 0 Å². The maximum absolute atomic E-state index is 11.6. The molecule has 102 valence electrons. The fourth-order valence-corrected chi connectivity index (χ4v) is 1.83. The molecule has 0 bridgehead atoms. The molecule has 0 saturated carbocycles. The van der Waals surface area contributed by atoms with Crippen molar-refractivity contribution in [2.24, 2.45) is 12.8 Å². The SMILES string of the molecule is COC(=O)c1nnn(Cc2cnn(C)c2)c1CCN. The van der Waals surface area contributed by atoms with Crippen molar-refractivity contribution in [3.63, 3.8) is 0 Å². The van der Waals surface area contributed by atoms with Gasteiger partial charge < -0.3 is 10.5 Å². The number of nitrogens with two attached hydrogens (primary N) is 1. The van der Waals surface area contributed by atoms with E-state index < -0.39 is 5.97 Å². The summed E-state index contributed by atoms with van der Waals surface area (Å²) in [5.41, 5.74) is 7.43. The number of rotatable bonds is 5. The number of methoxy groups -OCH3 is 1. The van der Waals surface area contributed by atoms with Crippen LogP contribution in [0.2, 0.25) is 0 Å². The van der Waals surface area contributed by atoms with Crippen LogP contribution in [0.15, 0.2) is 12.4 Å². The quantitative estimate of drug-likeness (QED) is 0.720. The molecule has 2 heterocycles. The summed E-state index contributed by atoms with van der Waals surface area (Å²) in [5, 5.41) is 11.9. The molecular weight excluding hydrogens is 248 g/mol. The van der Waals surface area contributed by atoms with Gasteiger partial charge in [-0.15, -0.1) is 5.10 Å². The summed E-state index contributed by atoms with van der Waals surface area (Å²) >= 11 is 0. The van der Waals surface area contributed by atoms with Crippen molar-refractivity contribution in [1.29, 1.82) is 0 Å². The Labute approximate surface area is 110 Å². The molecule has 8 nitrogen and oxygen atoms in total. The molecule has 0 amide bonds. The normalized spacial score (nSPS) is 10.7. The first-order chi connectivity index (χ1) is 9.15. The van der Waals surface area contributed by atoms with E-state index in [-0.39, 0.29) is 5.69 Å². The Hall–Kier alpha value is -2.22. The number of nitrogens with zero attached hydrogens (tertiary/aromatic N) is 5. The number of esters is 1. The highest BCUT2D eigenvalue weighted by Gasteiger charge is 2.19. The Morgan fingerprint density at radius 3 is 2.89 bits per heavy atom. The molecule has 8 heteroatoms. The molecule has 2 aromatic heterocycles. The van der Waals surface area contributed by atoms with Crippen molar-refractivity contribution >= 4 is 5.97 Å². The van der Waals surface area contributed by atoms with Crippen LogP contribution in [-0.4, -0.2) is 44.4 Å². The van der Waals surface area contributed by atoms with Crippen LogP contribution < -0.4 is 5.73 Å². The summed E-state index contributed by atoms with van der Waals surface area (Å²) in [6.45, 7) is 0.900. The van der Waals surface area contributed by atoms with Gasteiger partial charge in [-0.25, -0.2) is 9.48 Å². The van der Waals surface area contributed by atoms with Gasteiger partial charge in [0.25, 0.3) is 0 Å². The number of aryl methyl sites for hydroxylation is 1. The average molecular weight is 264 g/mol. The van der Waals surface area contributed by atoms with Crippen LogP contribution in [0.1, 0.15) is 21.7 Å². The highest BCUT2D eigenvalue weighted by Crippen LogP contribution is 2.10. The van der Waals surface area contributed by atoms with Gasteiger partial charge in [-0.3, -0.25) is 4.68 Å². The van der Waals surface area contributed by atoms with Gasteiger partial charge >= 0.3 is 5.97 Å². The van der Waals surface area contributed by atoms with Gasteiger partial charge in [0, 0.05) is 25.2 Å². The monoisotopic (exact) mass is 264 g/mol. The maximum Gasteiger partial charge on any atom is 0.360 e. The van der Waals surface area contributed by atoms with Crippen LogP contribution >= 0.6 is 0 Å². The molecule has 0 aliphatic heterocycles. The average Bonchev–Trinajstić information content (AvgIpc) is 2.97. The fourth-order valence-electron chi connectivity index (χ4n) is 1.83. The summed E-state index contributed by atoms with van der Waals surface area (Å²) < 4.78 is 8.03. The van der Waals surface area contributed by atoms with Crippen molar-refractivity contribution in [2.75, 3.05) is 13.7 Å². The molecule has 0 radical (unpaired) electrons. The lowest BCUT2D eigenvalue weighted by molar-refractivity contribution is 0.0592. The molecule has 0 saturated heterocycles. The number of carbonyl (C=O) groups is 1. The van der Waals surface area contributed by atoms with Crippen molar-refractivity contribution in [2.45, 2.75) is 13.0 Å². The summed E-state index contributed by atoms with van der Waals surface area (Å²) in [6.07, 6.45) is 4.13. The third kappa shape index (κ3) is 2.79. The van der Waals surface area contributed by atoms with Crippen molar-refractivity contribution < 1.29 is 9.53 Å². The van der Waals surface area contributed by atoms with Gasteiger partial charge in [-0.1, -0.05) is 5.21 Å². The van der Waals surface area contributed by atoms with E-state index >= 15 is 0 Å². The standard InChI is InChI=1S/C11H16N6O2/c1-16-6-8(5-13-16)7-17-9(3-4-12)10(14-15-17)11(18)19-2/h5-6H,3-4,7,12H2,1-2H3. The summed E-state index contributed by atoms with van der Waals surface area (Å²) in [7, 11) is 3.15. The molecule has 2 N–H and O–H groups in total. The maximum atomic E-state index is 11.6. The highest BCUT2D eigenvalue weighted by atomic mass is 16.5. The molecule has 0 spiro atoms. The smallest absolute Gasteiger partial charge is 0.360 e. The van der Waals surface area contributed by atoms with E-state index in [1.165, 1.54) is 7.11 Å². The number of hydrogen-bond acceptors (Lipinski definition) is 6. The molecule has 0 fully saturated rings. The second-order valence-electron chi connectivity index (χ2n) is 4.09. The zero-order valence-corrected chi connectivity index (χ0v) is 10.9. The van der Waals surface area contributed by atoms with E-state index in [1.807, 2.05) is 13.2 Å². The van der Waals surface area contributed by atoms with E-state index in [1.54, 1.807) is 15.6 Å². The van der Waals surface area contributed by atoms with Gasteiger partial charge in [0.15, 0.2) is 5.69 Å². The molecule has 0 aromatic carbocycles. The van der Waals surface area contributed by atoms with Crippen LogP contribution in [0.3, 0.4) is 0 Å². The predicted molar refractivity (Wildman–Crippen MR) is 66.4 cm³/mol. The lowest BCUT2D eigenvalue weighted by Gasteiger charge is -2.05. The largest absolute Gasteiger partial charge is 0.464 e. The van der Waals surface area contributed by atoms with Gasteiger partial charge in [0.05, 0.1) is 25.5 Å². The van der Waals surface area contributed by atoms with E-state index in [9.17, 15) is 4.79 Å². The first-order valence-electron chi connectivity index (χ1n) is 5.84. The lowest BCUT2D eigenvalue weighted by atomic mass is 10.2. The Bertz CT molecular complexity index is 574. The Kier molecular flexibility index (Phi) is 3.91. The molecule has 0 aliphatic rings. The predicted octanol–water partition coefficient (Wildman–Crippen LogP) is -0.652. The highest BCUT2D eigenvalue weighted by molar-refractivity contribution is 5.88. The lowest BCUT2D eigenvalue weighted by Crippen LogP contribution is -2.14. The van der Waals surface area contributed by atoms with Crippen LogP contribution in [0.25, 0.3) is 0 Å². The van der Waals surface area contributed by atoms with Crippen LogP contribution in [0.5, 0.6) is 0 Å². The Balaban J connectivity index is 2.29. The first-order valence-corrected chi connectivity index (χ1v) is 5.84. The second-order valence-corrected chi connectivity index (χ2v) is 4.09. The molecular formula is C11H16N6O2. The summed E-state index contributed by atoms with van der Waals surface area (Å²) in [5.74, 6) is -0.499. The molecule has 0 atom stereocenters. The minimum atomic E-state index is -0.499. The zero-order chi connectivity index (χ0) is 13.8. The van der Waals surface area contributed by atoms with E-state index in [4.69, 9.17) is 5.73 Å². The topological polar surface area (TPSA) is 101 Å². The molecule has 0 unspecified atom stereocenters. The number of ether oxygens (including phenoxy) is 1. The van der Waals surface area contributed by atoms with E-state index in [0.29, 0.717) is 25.2 Å². The minimum Gasteiger partial charge on any atom is -0.464 e. The third-order valence-electron chi connectivity index (χ3n) is 2.69. The third-order valence-corrected chi connectivity index (χ3v) is 2.69. The van der Waals surface area contributed by atoms with Crippen LogP contribution in [0, 0.1) is 0 Å². The second kappa shape index (κ2) is 5.61. The van der Waals surface area contributed by atoms with Gasteiger partial charge in [-0.2, -0.15) is 5.10 Å².